The maximum Gasteiger partial charge on any atom is 0.262 e. The van der Waals surface area contributed by atoms with Gasteiger partial charge in [-0.15, -0.1) is 11.3 Å². The number of nitrogens with zero attached hydrogens (tertiary/aromatic N) is 2. The molecule has 0 saturated heterocycles. The molecule has 1 amide bonds. The largest absolute Gasteiger partial charge is 0.497 e. The Bertz CT molecular complexity index is 974. The number of fused-ring (bicyclic) bond motifs is 1. The van der Waals surface area contributed by atoms with Crippen molar-refractivity contribution in [2.24, 2.45) is 0 Å². The minimum Gasteiger partial charge on any atom is -0.497 e. The minimum atomic E-state index is -0.275. The Morgan fingerprint density at radius 2 is 2.04 bits per heavy atom. The minimum absolute atomic E-state index is 0.0725. The van der Waals surface area contributed by atoms with Gasteiger partial charge in [0, 0.05) is 10.6 Å². The van der Waals surface area contributed by atoms with Crippen LogP contribution in [0, 0.1) is 6.92 Å². The number of thiophene rings is 1. The van der Waals surface area contributed by atoms with E-state index >= 15 is 0 Å². The fraction of sp³-hybridized carbons (Fsp3) is 0.278. The molecule has 7 heteroatoms. The predicted molar refractivity (Wildman–Crippen MR) is 99.6 cm³/mol. The number of amides is 1. The van der Waals surface area contributed by atoms with Crippen molar-refractivity contribution in [2.45, 2.75) is 26.8 Å². The summed E-state index contributed by atoms with van der Waals surface area (Å²) in [5.41, 5.74) is 0.470. The Morgan fingerprint density at radius 3 is 2.68 bits per heavy atom. The topological polar surface area (TPSA) is 73.2 Å². The third-order valence-electron chi connectivity index (χ3n) is 3.92. The van der Waals surface area contributed by atoms with Crippen LogP contribution in [0.2, 0.25) is 0 Å². The molecule has 130 valence electrons. The molecule has 25 heavy (non-hydrogen) atoms. The van der Waals surface area contributed by atoms with Crippen LogP contribution in [0.15, 0.2) is 35.1 Å². The van der Waals surface area contributed by atoms with Crippen LogP contribution >= 0.6 is 11.3 Å². The second-order valence-corrected chi connectivity index (χ2v) is 6.73. The molecular formula is C18H19N3O3S. The first-order valence-electron chi connectivity index (χ1n) is 7.95. The Kier molecular flexibility index (Phi) is 4.85. The Hall–Kier alpha value is -2.67. The number of benzene rings is 1. The quantitative estimate of drug-likeness (QED) is 0.762. The summed E-state index contributed by atoms with van der Waals surface area (Å²) in [6.07, 6.45) is 0.859. The molecule has 0 saturated carbocycles. The van der Waals surface area contributed by atoms with Gasteiger partial charge in [0.05, 0.1) is 12.5 Å². The first-order valence-corrected chi connectivity index (χ1v) is 8.77. The van der Waals surface area contributed by atoms with E-state index in [-0.39, 0.29) is 18.0 Å². The molecule has 0 aliphatic heterocycles. The van der Waals surface area contributed by atoms with Crippen LogP contribution < -0.4 is 15.6 Å². The van der Waals surface area contributed by atoms with Crippen LogP contribution in [0.1, 0.15) is 17.6 Å². The van der Waals surface area contributed by atoms with Crippen LogP contribution in [0.3, 0.4) is 0 Å². The van der Waals surface area contributed by atoms with Crippen molar-refractivity contribution >= 4 is 33.1 Å². The van der Waals surface area contributed by atoms with Gasteiger partial charge in [0.2, 0.25) is 5.91 Å². The van der Waals surface area contributed by atoms with Crippen LogP contribution in [-0.2, 0) is 17.8 Å². The highest BCUT2D eigenvalue weighted by molar-refractivity contribution is 7.18. The second kappa shape index (κ2) is 7.06. The van der Waals surface area contributed by atoms with Crippen molar-refractivity contribution in [3.05, 3.63) is 51.4 Å². The normalized spacial score (nSPS) is 10.8. The highest BCUT2D eigenvalue weighted by Crippen LogP contribution is 2.22. The number of carbonyl (C=O) groups excluding carboxylic acids is 1. The summed E-state index contributed by atoms with van der Waals surface area (Å²) >= 11 is 1.52. The van der Waals surface area contributed by atoms with Crippen LogP contribution in [0.25, 0.3) is 10.2 Å². The van der Waals surface area contributed by atoms with Gasteiger partial charge < -0.3 is 10.1 Å². The van der Waals surface area contributed by atoms with Crippen LogP contribution in [0.5, 0.6) is 5.75 Å². The third-order valence-corrected chi connectivity index (χ3v) is 5.09. The van der Waals surface area contributed by atoms with Crippen LogP contribution in [0.4, 0.5) is 5.69 Å². The molecule has 1 N–H and O–H groups in total. The highest BCUT2D eigenvalue weighted by atomic mass is 32.1. The molecule has 0 spiro atoms. The fourth-order valence-corrected chi connectivity index (χ4v) is 3.55. The number of carbonyl (C=O) groups is 1. The number of ether oxygens (including phenoxy) is 1. The lowest BCUT2D eigenvalue weighted by molar-refractivity contribution is -0.116. The Balaban J connectivity index is 1.83. The lowest BCUT2D eigenvalue weighted by Gasteiger charge is -2.10. The molecular weight excluding hydrogens is 338 g/mol. The lowest BCUT2D eigenvalue weighted by atomic mass is 10.3. The number of methoxy groups -OCH3 is 1. The summed E-state index contributed by atoms with van der Waals surface area (Å²) in [7, 11) is 1.58. The van der Waals surface area contributed by atoms with E-state index in [1.807, 2.05) is 13.0 Å². The number of nitrogens with one attached hydrogen (secondary N) is 1. The number of aryl methyl sites for hydroxylation is 2. The average Bonchev–Trinajstić information content (AvgIpc) is 3.02. The summed E-state index contributed by atoms with van der Waals surface area (Å²) in [6.45, 7) is 3.71. The van der Waals surface area contributed by atoms with E-state index in [4.69, 9.17) is 4.74 Å². The first kappa shape index (κ1) is 17.2. The molecule has 2 heterocycles. The highest BCUT2D eigenvalue weighted by Gasteiger charge is 2.14. The van der Waals surface area contributed by atoms with Gasteiger partial charge in [-0.1, -0.05) is 6.92 Å². The zero-order valence-electron chi connectivity index (χ0n) is 14.3. The van der Waals surface area contributed by atoms with Gasteiger partial charge in [-0.2, -0.15) is 0 Å². The predicted octanol–water partition coefficient (Wildman–Crippen LogP) is 2.98. The van der Waals surface area contributed by atoms with Crippen molar-refractivity contribution in [2.75, 3.05) is 12.4 Å². The summed E-state index contributed by atoms with van der Waals surface area (Å²) in [6, 6.07) is 8.89. The van der Waals surface area contributed by atoms with Gasteiger partial charge in [-0.3, -0.25) is 14.2 Å². The number of anilines is 1. The number of hydrogen-bond donors (Lipinski definition) is 1. The van der Waals surface area contributed by atoms with Crippen molar-refractivity contribution in [3.8, 4) is 5.75 Å². The van der Waals surface area contributed by atoms with Gasteiger partial charge in [0.25, 0.3) is 5.56 Å². The Morgan fingerprint density at radius 1 is 1.32 bits per heavy atom. The molecule has 3 rings (SSSR count). The first-order chi connectivity index (χ1) is 12.0. The summed E-state index contributed by atoms with van der Waals surface area (Å²) in [4.78, 5) is 31.3. The summed E-state index contributed by atoms with van der Waals surface area (Å²) < 4.78 is 6.50. The third kappa shape index (κ3) is 3.56. The maximum atomic E-state index is 12.7. The molecule has 0 fully saturated rings. The van der Waals surface area contributed by atoms with Crippen molar-refractivity contribution in [1.29, 1.82) is 0 Å². The van der Waals surface area contributed by atoms with Gasteiger partial charge in [0.1, 0.15) is 22.9 Å². The molecule has 2 aromatic heterocycles. The van der Waals surface area contributed by atoms with E-state index in [9.17, 15) is 9.59 Å². The number of aromatic nitrogens is 2. The fourth-order valence-electron chi connectivity index (χ4n) is 2.55. The second-order valence-electron chi connectivity index (χ2n) is 5.61. The van der Waals surface area contributed by atoms with E-state index in [1.54, 1.807) is 38.3 Å². The van der Waals surface area contributed by atoms with Crippen molar-refractivity contribution < 1.29 is 9.53 Å². The van der Waals surface area contributed by atoms with Crippen molar-refractivity contribution in [1.82, 2.24) is 9.55 Å². The van der Waals surface area contributed by atoms with Gasteiger partial charge in [-0.25, -0.2) is 4.98 Å². The maximum absolute atomic E-state index is 12.7. The van der Waals surface area contributed by atoms with Crippen molar-refractivity contribution in [3.63, 3.8) is 0 Å². The molecule has 0 unspecified atom stereocenters. The standard InChI is InChI=1S/C18H19N3O3S/c1-4-14-9-15-17(25-14)19-11(2)21(18(15)23)10-16(22)20-12-5-7-13(24-3)8-6-12/h5-9H,4,10H2,1-3H3,(H,20,22). The van der Waals surface area contributed by atoms with Gasteiger partial charge >= 0.3 is 0 Å². The van der Waals surface area contributed by atoms with Gasteiger partial charge in [0.15, 0.2) is 0 Å². The van der Waals surface area contributed by atoms with E-state index < -0.39 is 0 Å². The molecule has 0 radical (unpaired) electrons. The molecule has 1 aromatic carbocycles. The van der Waals surface area contributed by atoms with Crippen LogP contribution in [-0.4, -0.2) is 22.6 Å². The summed E-state index contributed by atoms with van der Waals surface area (Å²) in [5, 5.41) is 3.36. The zero-order valence-corrected chi connectivity index (χ0v) is 15.1. The van der Waals surface area contributed by atoms with Gasteiger partial charge in [-0.05, 0) is 43.7 Å². The smallest absolute Gasteiger partial charge is 0.262 e. The van der Waals surface area contributed by atoms with E-state index in [0.717, 1.165) is 16.1 Å². The Labute approximate surface area is 149 Å². The zero-order chi connectivity index (χ0) is 18.0. The van der Waals surface area contributed by atoms with E-state index in [0.29, 0.717) is 22.6 Å². The number of rotatable bonds is 5. The molecule has 0 aliphatic rings. The molecule has 0 bridgehead atoms. The molecule has 3 aromatic rings. The SMILES string of the molecule is CCc1cc2c(=O)n(CC(=O)Nc3ccc(OC)cc3)c(C)nc2s1. The molecule has 6 nitrogen and oxygen atoms in total. The lowest BCUT2D eigenvalue weighted by Crippen LogP contribution is -2.29. The molecule has 0 aliphatic carbocycles. The monoisotopic (exact) mass is 357 g/mol. The molecule has 0 atom stereocenters. The van der Waals surface area contributed by atoms with E-state index in [2.05, 4.69) is 10.3 Å². The summed E-state index contributed by atoms with van der Waals surface area (Å²) in [5.74, 6) is 0.971. The number of hydrogen-bond acceptors (Lipinski definition) is 5. The average molecular weight is 357 g/mol. The van der Waals surface area contributed by atoms with E-state index in [1.165, 1.54) is 15.9 Å².